The van der Waals surface area contributed by atoms with Gasteiger partial charge in [-0.05, 0) is 31.9 Å². The molecule has 1 aromatic heterocycles. The van der Waals surface area contributed by atoms with E-state index in [-0.39, 0.29) is 5.91 Å². The molecule has 6 heteroatoms. The maximum absolute atomic E-state index is 12.3. The fourth-order valence-corrected chi connectivity index (χ4v) is 2.64. The van der Waals surface area contributed by atoms with Crippen molar-refractivity contribution in [2.45, 2.75) is 32.4 Å². The van der Waals surface area contributed by atoms with Crippen LogP contribution in [0.4, 0.5) is 5.69 Å². The van der Waals surface area contributed by atoms with E-state index < -0.39 is 0 Å². The summed E-state index contributed by atoms with van der Waals surface area (Å²) in [6.45, 7) is 2.39. The standard InChI is InChI=1S/C20H20N4O2/c1-13-6-8-14(9-7-13)19-23-18(26-24-19)12-21-17-5-3-2-4-16(17)20(25)22-15-10-11-15/h2-9,15,21H,10-12H2,1H3,(H,22,25). The number of nitrogens with zero attached hydrogens (tertiary/aromatic N) is 2. The molecule has 0 spiro atoms. The van der Waals surface area contributed by atoms with Crippen molar-refractivity contribution < 1.29 is 9.32 Å². The molecule has 1 saturated carbocycles. The third-order valence-corrected chi connectivity index (χ3v) is 4.29. The Morgan fingerprint density at radius 1 is 1.15 bits per heavy atom. The zero-order chi connectivity index (χ0) is 17.9. The number of para-hydroxylation sites is 1. The molecule has 0 aliphatic heterocycles. The Bertz CT molecular complexity index is 914. The van der Waals surface area contributed by atoms with Crippen molar-refractivity contribution >= 4 is 11.6 Å². The van der Waals surface area contributed by atoms with Crippen LogP contribution in [0.2, 0.25) is 0 Å². The monoisotopic (exact) mass is 348 g/mol. The van der Waals surface area contributed by atoms with Crippen molar-refractivity contribution in [3.63, 3.8) is 0 Å². The van der Waals surface area contributed by atoms with E-state index in [1.54, 1.807) is 0 Å². The van der Waals surface area contributed by atoms with Crippen molar-refractivity contribution in [1.82, 2.24) is 15.5 Å². The van der Waals surface area contributed by atoms with Crippen LogP contribution in [0.3, 0.4) is 0 Å². The molecule has 1 aliphatic rings. The lowest BCUT2D eigenvalue weighted by molar-refractivity contribution is 0.0952. The summed E-state index contributed by atoms with van der Waals surface area (Å²) in [7, 11) is 0. The molecule has 0 bridgehead atoms. The number of anilines is 1. The predicted octanol–water partition coefficient (Wildman–Crippen LogP) is 3.55. The Balaban J connectivity index is 1.44. The number of aryl methyl sites for hydroxylation is 1. The lowest BCUT2D eigenvalue weighted by Gasteiger charge is -2.10. The van der Waals surface area contributed by atoms with Gasteiger partial charge >= 0.3 is 0 Å². The van der Waals surface area contributed by atoms with Crippen LogP contribution < -0.4 is 10.6 Å². The van der Waals surface area contributed by atoms with Gasteiger partial charge in [-0.2, -0.15) is 4.98 Å². The quantitative estimate of drug-likeness (QED) is 0.712. The average molecular weight is 348 g/mol. The molecule has 2 N–H and O–H groups in total. The van der Waals surface area contributed by atoms with E-state index in [0.717, 1.165) is 24.1 Å². The second-order valence-corrected chi connectivity index (χ2v) is 6.52. The van der Waals surface area contributed by atoms with Gasteiger partial charge in [0, 0.05) is 17.3 Å². The van der Waals surface area contributed by atoms with E-state index in [4.69, 9.17) is 4.52 Å². The smallest absolute Gasteiger partial charge is 0.253 e. The SMILES string of the molecule is Cc1ccc(-c2noc(CNc3ccccc3C(=O)NC3CC3)n2)cc1. The molecule has 1 amide bonds. The maximum Gasteiger partial charge on any atom is 0.253 e. The Hall–Kier alpha value is -3.15. The van der Waals surface area contributed by atoms with Crippen LogP contribution in [0.15, 0.2) is 53.1 Å². The normalized spacial score (nSPS) is 13.4. The lowest BCUT2D eigenvalue weighted by atomic mass is 10.1. The first kappa shape index (κ1) is 16.3. The third kappa shape index (κ3) is 3.74. The number of hydrogen-bond donors (Lipinski definition) is 2. The minimum Gasteiger partial charge on any atom is -0.375 e. The summed E-state index contributed by atoms with van der Waals surface area (Å²) < 4.78 is 5.32. The van der Waals surface area contributed by atoms with Crippen molar-refractivity contribution in [2.75, 3.05) is 5.32 Å². The van der Waals surface area contributed by atoms with Crippen molar-refractivity contribution in [2.24, 2.45) is 0 Å². The van der Waals surface area contributed by atoms with Gasteiger partial charge in [-0.1, -0.05) is 47.1 Å². The number of aromatic nitrogens is 2. The van der Waals surface area contributed by atoms with Crippen LogP contribution in [0.5, 0.6) is 0 Å². The van der Waals surface area contributed by atoms with Gasteiger partial charge in [0.15, 0.2) is 0 Å². The van der Waals surface area contributed by atoms with Gasteiger partial charge in [0.05, 0.1) is 12.1 Å². The van der Waals surface area contributed by atoms with Gasteiger partial charge in [-0.15, -0.1) is 0 Å². The number of carbonyl (C=O) groups excluding carboxylic acids is 1. The molecule has 6 nitrogen and oxygen atoms in total. The molecule has 1 heterocycles. The fourth-order valence-electron chi connectivity index (χ4n) is 2.64. The van der Waals surface area contributed by atoms with Gasteiger partial charge < -0.3 is 15.2 Å². The number of hydrogen-bond acceptors (Lipinski definition) is 5. The Morgan fingerprint density at radius 2 is 1.92 bits per heavy atom. The molecule has 0 atom stereocenters. The zero-order valence-corrected chi connectivity index (χ0v) is 14.5. The molecule has 2 aromatic carbocycles. The van der Waals surface area contributed by atoms with Crippen LogP contribution >= 0.6 is 0 Å². The van der Waals surface area contributed by atoms with Gasteiger partial charge in [-0.25, -0.2) is 0 Å². The van der Waals surface area contributed by atoms with Crippen LogP contribution in [-0.4, -0.2) is 22.1 Å². The Labute approximate surface area is 151 Å². The predicted molar refractivity (Wildman–Crippen MR) is 98.7 cm³/mol. The van der Waals surface area contributed by atoms with Crippen molar-refractivity contribution in [3.8, 4) is 11.4 Å². The topological polar surface area (TPSA) is 80.0 Å². The first-order chi connectivity index (χ1) is 12.7. The summed E-state index contributed by atoms with van der Waals surface area (Å²) in [6.07, 6.45) is 2.12. The summed E-state index contributed by atoms with van der Waals surface area (Å²) in [5.41, 5.74) is 3.47. The molecular formula is C20H20N4O2. The molecule has 1 aliphatic carbocycles. The molecule has 0 unspecified atom stereocenters. The second-order valence-electron chi connectivity index (χ2n) is 6.52. The Kier molecular flexibility index (Phi) is 4.39. The highest BCUT2D eigenvalue weighted by Gasteiger charge is 2.24. The number of amides is 1. The molecule has 4 rings (SSSR count). The molecule has 0 saturated heterocycles. The van der Waals surface area contributed by atoms with Gasteiger partial charge in [0.25, 0.3) is 5.91 Å². The molecule has 26 heavy (non-hydrogen) atoms. The van der Waals surface area contributed by atoms with Crippen LogP contribution in [0.1, 0.15) is 34.7 Å². The molecular weight excluding hydrogens is 328 g/mol. The lowest BCUT2D eigenvalue weighted by Crippen LogP contribution is -2.26. The van der Waals surface area contributed by atoms with Crippen LogP contribution in [0.25, 0.3) is 11.4 Å². The fraction of sp³-hybridized carbons (Fsp3) is 0.250. The van der Waals surface area contributed by atoms with Gasteiger partial charge in [0.1, 0.15) is 0 Å². The minimum absolute atomic E-state index is 0.0542. The summed E-state index contributed by atoms with van der Waals surface area (Å²) in [6, 6.07) is 15.7. The molecule has 0 radical (unpaired) electrons. The number of nitrogens with one attached hydrogen (secondary N) is 2. The van der Waals surface area contributed by atoms with Crippen LogP contribution in [0, 0.1) is 6.92 Å². The number of rotatable bonds is 6. The van der Waals surface area contributed by atoms with E-state index in [1.165, 1.54) is 5.56 Å². The third-order valence-electron chi connectivity index (χ3n) is 4.29. The highest BCUT2D eigenvalue weighted by atomic mass is 16.5. The van der Waals surface area contributed by atoms with E-state index in [2.05, 4.69) is 20.8 Å². The first-order valence-electron chi connectivity index (χ1n) is 8.72. The minimum atomic E-state index is -0.0542. The number of carbonyl (C=O) groups is 1. The first-order valence-corrected chi connectivity index (χ1v) is 8.72. The summed E-state index contributed by atoms with van der Waals surface area (Å²) in [5.74, 6) is 0.973. The van der Waals surface area contributed by atoms with E-state index >= 15 is 0 Å². The summed E-state index contributed by atoms with van der Waals surface area (Å²) in [4.78, 5) is 16.8. The highest BCUT2D eigenvalue weighted by Crippen LogP contribution is 2.22. The van der Waals surface area contributed by atoms with Gasteiger partial charge in [-0.3, -0.25) is 4.79 Å². The largest absolute Gasteiger partial charge is 0.375 e. The molecule has 1 fully saturated rings. The summed E-state index contributed by atoms with van der Waals surface area (Å²) in [5, 5.41) is 10.3. The van der Waals surface area contributed by atoms with Gasteiger partial charge in [0.2, 0.25) is 11.7 Å². The van der Waals surface area contributed by atoms with E-state index in [9.17, 15) is 4.79 Å². The zero-order valence-electron chi connectivity index (χ0n) is 14.5. The van der Waals surface area contributed by atoms with Crippen molar-refractivity contribution in [3.05, 3.63) is 65.5 Å². The maximum atomic E-state index is 12.3. The molecule has 3 aromatic rings. The number of benzene rings is 2. The van der Waals surface area contributed by atoms with Crippen molar-refractivity contribution in [1.29, 1.82) is 0 Å². The van der Waals surface area contributed by atoms with Crippen LogP contribution in [-0.2, 0) is 6.54 Å². The Morgan fingerprint density at radius 3 is 2.69 bits per heavy atom. The highest BCUT2D eigenvalue weighted by molar-refractivity contribution is 5.99. The summed E-state index contributed by atoms with van der Waals surface area (Å²) >= 11 is 0. The molecule has 132 valence electrons. The van der Waals surface area contributed by atoms with E-state index in [0.29, 0.717) is 29.9 Å². The average Bonchev–Trinajstić information content (AvgIpc) is 3.35. The second kappa shape index (κ2) is 7.00. The van der Waals surface area contributed by atoms with E-state index in [1.807, 2.05) is 55.5 Å².